The molecule has 0 atom stereocenters. The molecule has 4 rings (SSSR count). The fraction of sp³-hybridized carbons (Fsp3) is 0. The van der Waals surface area contributed by atoms with Crippen molar-refractivity contribution >= 4 is 27.2 Å². The fourth-order valence-electron chi connectivity index (χ4n) is 2.65. The zero-order chi connectivity index (χ0) is 16.0. The van der Waals surface area contributed by atoms with Crippen LogP contribution >= 0.6 is 0 Å². The summed E-state index contributed by atoms with van der Waals surface area (Å²) >= 11 is 0. The highest BCUT2D eigenvalue weighted by Gasteiger charge is 2.02. The number of hydrogen-bond acceptors (Lipinski definition) is 1. The topological polar surface area (TPSA) is 26.0 Å². The summed E-state index contributed by atoms with van der Waals surface area (Å²) in [4.78, 5) is 0. The van der Waals surface area contributed by atoms with Gasteiger partial charge in [0.2, 0.25) is 0 Å². The van der Waals surface area contributed by atoms with Crippen molar-refractivity contribution in [1.82, 2.24) is 0 Å². The molecule has 0 fully saturated rings. The zero-order valence-corrected chi connectivity index (χ0v) is 11.4. The molecule has 0 unspecified atom stereocenters. The molecule has 4 aromatic rings. The van der Waals surface area contributed by atoms with Gasteiger partial charge in [0, 0.05) is 5.69 Å². The SMILES string of the molecule is [2H]c1cc(-c2ccc3ccccc3c2)cc2c([2H])cc(N)cc12. The number of nitrogen functional groups attached to an aromatic ring is 1. The van der Waals surface area contributed by atoms with E-state index in [9.17, 15) is 0 Å². The van der Waals surface area contributed by atoms with Crippen molar-refractivity contribution in [2.75, 3.05) is 5.73 Å². The van der Waals surface area contributed by atoms with Crippen molar-refractivity contribution in [2.45, 2.75) is 0 Å². The van der Waals surface area contributed by atoms with Crippen LogP contribution in [0.5, 0.6) is 0 Å². The number of fused-ring (bicyclic) bond motifs is 2. The van der Waals surface area contributed by atoms with Gasteiger partial charge in [-0.15, -0.1) is 0 Å². The van der Waals surface area contributed by atoms with E-state index in [1.807, 2.05) is 24.3 Å². The molecule has 0 heterocycles. The summed E-state index contributed by atoms with van der Waals surface area (Å²) in [5.74, 6) is 0. The van der Waals surface area contributed by atoms with Crippen LogP contribution in [-0.4, -0.2) is 0 Å². The molecule has 0 saturated carbocycles. The molecule has 0 radical (unpaired) electrons. The third-order valence-electron chi connectivity index (χ3n) is 3.76. The number of nitrogens with two attached hydrogens (primary N) is 1. The van der Waals surface area contributed by atoms with E-state index in [0.717, 1.165) is 21.9 Å². The van der Waals surface area contributed by atoms with Gasteiger partial charge in [-0.25, -0.2) is 0 Å². The molecule has 21 heavy (non-hydrogen) atoms. The van der Waals surface area contributed by atoms with E-state index in [4.69, 9.17) is 8.48 Å². The van der Waals surface area contributed by atoms with Gasteiger partial charge in [-0.2, -0.15) is 0 Å². The van der Waals surface area contributed by atoms with Crippen LogP contribution in [0.4, 0.5) is 5.69 Å². The van der Waals surface area contributed by atoms with Crippen LogP contribution in [0.15, 0.2) is 78.8 Å². The van der Waals surface area contributed by atoms with Crippen molar-refractivity contribution in [3.63, 3.8) is 0 Å². The third-order valence-corrected chi connectivity index (χ3v) is 3.76. The highest BCUT2D eigenvalue weighted by molar-refractivity contribution is 5.92. The third kappa shape index (κ3) is 2.13. The van der Waals surface area contributed by atoms with E-state index in [1.54, 1.807) is 12.1 Å². The average Bonchev–Trinajstić information content (AvgIpc) is 2.55. The highest BCUT2D eigenvalue weighted by atomic mass is 14.5. The van der Waals surface area contributed by atoms with Crippen molar-refractivity contribution in [2.24, 2.45) is 0 Å². The summed E-state index contributed by atoms with van der Waals surface area (Å²) in [6.07, 6.45) is 0. The van der Waals surface area contributed by atoms with Gasteiger partial charge in [-0.1, -0.05) is 54.5 Å². The van der Waals surface area contributed by atoms with E-state index in [2.05, 4.69) is 30.3 Å². The number of rotatable bonds is 1. The molecule has 1 heteroatoms. The van der Waals surface area contributed by atoms with Crippen LogP contribution in [0.3, 0.4) is 0 Å². The van der Waals surface area contributed by atoms with Crippen molar-refractivity contribution < 1.29 is 2.74 Å². The summed E-state index contributed by atoms with van der Waals surface area (Å²) in [5, 5.41) is 3.84. The second kappa shape index (κ2) is 4.64. The van der Waals surface area contributed by atoms with Gasteiger partial charge >= 0.3 is 0 Å². The number of hydrogen-bond donors (Lipinski definition) is 1. The second-order valence-corrected chi connectivity index (χ2v) is 5.21. The maximum atomic E-state index is 8.27. The average molecular weight is 271 g/mol. The van der Waals surface area contributed by atoms with Crippen LogP contribution in [0, 0.1) is 0 Å². The summed E-state index contributed by atoms with van der Waals surface area (Å²) in [6.45, 7) is 0. The molecule has 0 aliphatic rings. The maximum Gasteiger partial charge on any atom is 0.0630 e. The molecule has 2 N–H and O–H groups in total. The highest BCUT2D eigenvalue weighted by Crippen LogP contribution is 2.28. The Balaban J connectivity index is 1.97. The minimum Gasteiger partial charge on any atom is -0.399 e. The van der Waals surface area contributed by atoms with Gasteiger partial charge in [0.25, 0.3) is 0 Å². The van der Waals surface area contributed by atoms with Gasteiger partial charge in [-0.05, 0) is 56.9 Å². The zero-order valence-electron chi connectivity index (χ0n) is 13.4. The van der Waals surface area contributed by atoms with E-state index >= 15 is 0 Å². The monoisotopic (exact) mass is 271 g/mol. The lowest BCUT2D eigenvalue weighted by Crippen LogP contribution is -1.84. The van der Waals surface area contributed by atoms with Gasteiger partial charge < -0.3 is 5.73 Å². The predicted molar refractivity (Wildman–Crippen MR) is 91.3 cm³/mol. The van der Waals surface area contributed by atoms with E-state index in [1.165, 1.54) is 10.8 Å². The Morgan fingerprint density at radius 1 is 0.619 bits per heavy atom. The summed E-state index contributed by atoms with van der Waals surface area (Å²) in [6, 6.07) is 22.4. The molecule has 0 saturated heterocycles. The van der Waals surface area contributed by atoms with Crippen LogP contribution < -0.4 is 5.73 Å². The lowest BCUT2D eigenvalue weighted by Gasteiger charge is -2.06. The van der Waals surface area contributed by atoms with Crippen LogP contribution in [0.1, 0.15) is 2.74 Å². The van der Waals surface area contributed by atoms with E-state index in [-0.39, 0.29) is 0 Å². The van der Waals surface area contributed by atoms with Gasteiger partial charge in [0.15, 0.2) is 0 Å². The molecule has 100 valence electrons. The Bertz CT molecular complexity index is 1050. The Hall–Kier alpha value is -2.80. The first-order valence-corrected chi connectivity index (χ1v) is 6.91. The molecular weight excluding hydrogens is 254 g/mol. The normalized spacial score (nSPS) is 12.4. The van der Waals surface area contributed by atoms with Gasteiger partial charge in [0.05, 0.1) is 2.74 Å². The standard InChI is InChI=1S/C20H15N/c21-20-10-9-18-12-17(7-8-19(18)13-20)16-6-5-14-3-1-2-4-15(14)11-16/h1-13H,21H2/i8D,9D. The lowest BCUT2D eigenvalue weighted by atomic mass is 9.98. The minimum atomic E-state index is 0.358. The summed E-state index contributed by atoms with van der Waals surface area (Å²) in [7, 11) is 0. The van der Waals surface area contributed by atoms with E-state index < -0.39 is 0 Å². The maximum absolute atomic E-state index is 8.27. The molecule has 4 aromatic carbocycles. The van der Waals surface area contributed by atoms with Crippen LogP contribution in [0.25, 0.3) is 32.7 Å². The molecule has 0 aromatic heterocycles. The Labute approximate surface area is 126 Å². The van der Waals surface area contributed by atoms with Crippen molar-refractivity contribution in [3.8, 4) is 11.1 Å². The van der Waals surface area contributed by atoms with Gasteiger partial charge in [0.1, 0.15) is 0 Å². The molecule has 0 spiro atoms. The Morgan fingerprint density at radius 3 is 2.19 bits per heavy atom. The molecule has 0 aliphatic heterocycles. The van der Waals surface area contributed by atoms with Crippen LogP contribution in [0.2, 0.25) is 0 Å². The first-order valence-electron chi connectivity index (χ1n) is 7.91. The Morgan fingerprint density at radius 2 is 1.29 bits per heavy atom. The molecule has 1 nitrogen and oxygen atoms in total. The fourth-order valence-corrected chi connectivity index (χ4v) is 2.65. The van der Waals surface area contributed by atoms with Crippen LogP contribution in [-0.2, 0) is 0 Å². The molecular formula is C20H15N. The predicted octanol–water partition coefficient (Wildman–Crippen LogP) is 5.24. The molecule has 0 aliphatic carbocycles. The lowest BCUT2D eigenvalue weighted by molar-refractivity contribution is 1.67. The smallest absolute Gasteiger partial charge is 0.0630 e. The van der Waals surface area contributed by atoms with Crippen molar-refractivity contribution in [1.29, 1.82) is 0 Å². The van der Waals surface area contributed by atoms with Crippen molar-refractivity contribution in [3.05, 3.63) is 78.8 Å². The first-order chi connectivity index (χ1) is 11.1. The largest absolute Gasteiger partial charge is 0.399 e. The van der Waals surface area contributed by atoms with E-state index in [0.29, 0.717) is 17.8 Å². The molecule has 0 amide bonds. The van der Waals surface area contributed by atoms with Gasteiger partial charge in [-0.3, -0.25) is 0 Å². The first kappa shape index (κ1) is 10.0. The molecule has 0 bridgehead atoms. The number of anilines is 1. The summed E-state index contributed by atoms with van der Waals surface area (Å²) < 4.78 is 16.4. The number of benzene rings is 4. The summed E-state index contributed by atoms with van der Waals surface area (Å²) in [5.41, 5.74) is 8.33. The second-order valence-electron chi connectivity index (χ2n) is 5.21. The Kier molecular flexibility index (Phi) is 2.21. The quantitative estimate of drug-likeness (QED) is 0.470. The minimum absolute atomic E-state index is 0.358.